The summed E-state index contributed by atoms with van der Waals surface area (Å²) in [5.41, 5.74) is 6.32. The predicted octanol–water partition coefficient (Wildman–Crippen LogP) is 3.54. The molecule has 0 aliphatic heterocycles. The van der Waals surface area contributed by atoms with E-state index in [0.29, 0.717) is 17.3 Å². The van der Waals surface area contributed by atoms with Crippen molar-refractivity contribution in [3.8, 4) is 5.06 Å². The minimum Gasteiger partial charge on any atom is -0.484 e. The van der Waals surface area contributed by atoms with Crippen LogP contribution in [0.1, 0.15) is 6.92 Å². The lowest BCUT2D eigenvalue weighted by Gasteiger charge is -1.96. The summed E-state index contributed by atoms with van der Waals surface area (Å²) >= 11 is 7.60. The van der Waals surface area contributed by atoms with E-state index in [4.69, 9.17) is 22.1 Å². The van der Waals surface area contributed by atoms with Crippen LogP contribution >= 0.6 is 22.9 Å². The van der Waals surface area contributed by atoms with Crippen molar-refractivity contribution >= 4 is 38.7 Å². The number of fused-ring (bicyclic) bond motifs is 1. The number of ether oxygens (including phenoxy) is 1. The molecule has 4 heteroatoms. The van der Waals surface area contributed by atoms with Crippen LogP contribution in [0.3, 0.4) is 0 Å². The molecule has 0 saturated heterocycles. The maximum Gasteiger partial charge on any atom is 0.174 e. The molecule has 0 radical (unpaired) electrons. The summed E-state index contributed by atoms with van der Waals surface area (Å²) in [4.78, 5) is 0. The fourth-order valence-corrected chi connectivity index (χ4v) is 2.58. The second-order valence-corrected chi connectivity index (χ2v) is 4.28. The van der Waals surface area contributed by atoms with Crippen LogP contribution in [0.4, 0.5) is 5.69 Å². The van der Waals surface area contributed by atoms with Crippen LogP contribution in [0.15, 0.2) is 18.2 Å². The lowest BCUT2D eigenvalue weighted by Crippen LogP contribution is -1.86. The monoisotopic (exact) mass is 227 g/mol. The molecule has 0 atom stereocenters. The van der Waals surface area contributed by atoms with Crippen LogP contribution in [-0.4, -0.2) is 6.61 Å². The zero-order valence-electron chi connectivity index (χ0n) is 7.71. The van der Waals surface area contributed by atoms with E-state index >= 15 is 0 Å². The Balaban J connectivity index is 2.59. The van der Waals surface area contributed by atoms with E-state index in [2.05, 4.69) is 0 Å². The average Bonchev–Trinajstić information content (AvgIpc) is 2.56. The Labute approximate surface area is 91.2 Å². The molecule has 2 aromatic rings. The van der Waals surface area contributed by atoms with Gasteiger partial charge in [-0.15, -0.1) is 0 Å². The summed E-state index contributed by atoms with van der Waals surface area (Å²) in [6, 6.07) is 5.75. The first-order valence-electron chi connectivity index (χ1n) is 4.32. The Morgan fingerprint density at radius 3 is 3.00 bits per heavy atom. The molecule has 1 heterocycles. The molecule has 0 aliphatic carbocycles. The molecule has 0 unspecified atom stereocenters. The number of anilines is 1. The lowest BCUT2D eigenvalue weighted by molar-refractivity contribution is 0.350. The molecule has 2 nitrogen and oxygen atoms in total. The molecule has 1 aromatic heterocycles. The molecule has 0 bridgehead atoms. The Kier molecular flexibility index (Phi) is 2.52. The van der Waals surface area contributed by atoms with Crippen molar-refractivity contribution in [2.24, 2.45) is 0 Å². The van der Waals surface area contributed by atoms with Gasteiger partial charge < -0.3 is 10.5 Å². The maximum absolute atomic E-state index is 6.07. The van der Waals surface area contributed by atoms with Gasteiger partial charge in [-0.1, -0.05) is 29.0 Å². The summed E-state index contributed by atoms with van der Waals surface area (Å²) in [6.07, 6.45) is 0. The molecule has 0 fully saturated rings. The van der Waals surface area contributed by atoms with Crippen molar-refractivity contribution in [1.29, 1.82) is 0 Å². The summed E-state index contributed by atoms with van der Waals surface area (Å²) < 4.78 is 6.40. The Morgan fingerprint density at radius 2 is 2.29 bits per heavy atom. The van der Waals surface area contributed by atoms with E-state index in [9.17, 15) is 0 Å². The average molecular weight is 228 g/mol. The van der Waals surface area contributed by atoms with Crippen molar-refractivity contribution in [2.75, 3.05) is 12.3 Å². The molecule has 2 rings (SSSR count). The summed E-state index contributed by atoms with van der Waals surface area (Å²) in [7, 11) is 0. The Bertz CT molecular complexity index is 466. The van der Waals surface area contributed by atoms with Gasteiger partial charge in [0.1, 0.15) is 0 Å². The molecule has 1 aromatic carbocycles. The molecule has 0 spiro atoms. The van der Waals surface area contributed by atoms with Gasteiger partial charge in [0.05, 0.1) is 22.0 Å². The van der Waals surface area contributed by atoms with Gasteiger partial charge in [-0.25, -0.2) is 0 Å². The highest BCUT2D eigenvalue weighted by molar-refractivity contribution is 7.21. The standard InChI is InChI=1S/C10H10ClNOS/c1-2-13-8-5-6-3-4-7(12)9(11)10(6)14-8/h3-5H,2,12H2,1H3. The van der Waals surface area contributed by atoms with E-state index in [0.717, 1.165) is 15.1 Å². The number of halogens is 1. The van der Waals surface area contributed by atoms with Crippen LogP contribution < -0.4 is 10.5 Å². The molecule has 2 N–H and O–H groups in total. The normalized spacial score (nSPS) is 10.7. The molecule has 0 amide bonds. The van der Waals surface area contributed by atoms with Crippen molar-refractivity contribution in [3.63, 3.8) is 0 Å². The molecule has 74 valence electrons. The van der Waals surface area contributed by atoms with Gasteiger partial charge in [-0.3, -0.25) is 0 Å². The van der Waals surface area contributed by atoms with Gasteiger partial charge in [-0.2, -0.15) is 0 Å². The third kappa shape index (κ3) is 1.53. The minimum atomic E-state index is 0.615. The van der Waals surface area contributed by atoms with Gasteiger partial charge in [0.25, 0.3) is 0 Å². The van der Waals surface area contributed by atoms with E-state index < -0.39 is 0 Å². The smallest absolute Gasteiger partial charge is 0.174 e. The number of hydrogen-bond donors (Lipinski definition) is 1. The quantitative estimate of drug-likeness (QED) is 0.797. The number of rotatable bonds is 2. The second kappa shape index (κ2) is 3.67. The predicted molar refractivity (Wildman–Crippen MR) is 62.4 cm³/mol. The number of nitrogens with two attached hydrogens (primary N) is 1. The Hall–Kier alpha value is -0.930. The minimum absolute atomic E-state index is 0.615. The second-order valence-electron chi connectivity index (χ2n) is 2.89. The third-order valence-corrected chi connectivity index (χ3v) is 3.52. The Morgan fingerprint density at radius 1 is 1.50 bits per heavy atom. The van der Waals surface area contributed by atoms with E-state index in [1.54, 1.807) is 0 Å². The summed E-state index contributed by atoms with van der Waals surface area (Å²) in [5.74, 6) is 0. The first-order valence-corrected chi connectivity index (χ1v) is 5.52. The zero-order valence-corrected chi connectivity index (χ0v) is 9.28. The topological polar surface area (TPSA) is 35.2 Å². The van der Waals surface area contributed by atoms with Gasteiger partial charge in [0, 0.05) is 0 Å². The highest BCUT2D eigenvalue weighted by Crippen LogP contribution is 2.38. The summed E-state index contributed by atoms with van der Waals surface area (Å²) in [6.45, 7) is 2.63. The first kappa shape index (κ1) is 9.62. The maximum atomic E-state index is 6.07. The molecule has 14 heavy (non-hydrogen) atoms. The van der Waals surface area contributed by atoms with Gasteiger partial charge in [0.15, 0.2) is 5.06 Å². The van der Waals surface area contributed by atoms with Crippen LogP contribution in [0, 0.1) is 0 Å². The zero-order chi connectivity index (χ0) is 10.1. The van der Waals surface area contributed by atoms with Crippen LogP contribution in [0.25, 0.3) is 10.1 Å². The van der Waals surface area contributed by atoms with E-state index in [-0.39, 0.29) is 0 Å². The van der Waals surface area contributed by atoms with Crippen molar-refractivity contribution in [3.05, 3.63) is 23.2 Å². The van der Waals surface area contributed by atoms with Gasteiger partial charge >= 0.3 is 0 Å². The number of benzene rings is 1. The number of hydrogen-bond acceptors (Lipinski definition) is 3. The highest BCUT2D eigenvalue weighted by Gasteiger charge is 2.07. The molecule has 0 aliphatic rings. The largest absolute Gasteiger partial charge is 0.484 e. The third-order valence-electron chi connectivity index (χ3n) is 1.92. The van der Waals surface area contributed by atoms with Crippen molar-refractivity contribution < 1.29 is 4.74 Å². The van der Waals surface area contributed by atoms with Crippen LogP contribution in [0.2, 0.25) is 5.02 Å². The van der Waals surface area contributed by atoms with Crippen molar-refractivity contribution in [2.45, 2.75) is 6.92 Å². The van der Waals surface area contributed by atoms with Gasteiger partial charge in [-0.05, 0) is 24.4 Å². The molecular weight excluding hydrogens is 218 g/mol. The molecular formula is C10H10ClNOS. The summed E-state index contributed by atoms with van der Waals surface area (Å²) in [5, 5.41) is 2.59. The lowest BCUT2D eigenvalue weighted by atomic mass is 10.2. The molecule has 0 saturated carbocycles. The highest BCUT2D eigenvalue weighted by atomic mass is 35.5. The van der Waals surface area contributed by atoms with Gasteiger partial charge in [0.2, 0.25) is 0 Å². The SMILES string of the molecule is CCOc1cc2ccc(N)c(Cl)c2s1. The number of thiophene rings is 1. The fourth-order valence-electron chi connectivity index (χ4n) is 1.27. The first-order chi connectivity index (χ1) is 6.72. The van der Waals surface area contributed by atoms with E-state index in [1.165, 1.54) is 11.3 Å². The fraction of sp³-hybridized carbons (Fsp3) is 0.200. The van der Waals surface area contributed by atoms with Crippen LogP contribution in [-0.2, 0) is 0 Å². The van der Waals surface area contributed by atoms with Crippen LogP contribution in [0.5, 0.6) is 5.06 Å². The van der Waals surface area contributed by atoms with E-state index in [1.807, 2.05) is 25.1 Å². The number of nitrogen functional groups attached to an aromatic ring is 1. The van der Waals surface area contributed by atoms with Crippen molar-refractivity contribution in [1.82, 2.24) is 0 Å².